The van der Waals surface area contributed by atoms with Gasteiger partial charge in [-0.1, -0.05) is 13.3 Å². The predicted octanol–water partition coefficient (Wildman–Crippen LogP) is 1.03. The summed E-state index contributed by atoms with van der Waals surface area (Å²) in [5.41, 5.74) is 0. The Morgan fingerprint density at radius 1 is 1.20 bits per heavy atom. The molecule has 0 heterocycles. The average molecular weight is 216 g/mol. The molecule has 0 unspecified atom stereocenters. The monoisotopic (exact) mass is 216 g/mol. The van der Waals surface area contributed by atoms with Gasteiger partial charge in [-0.3, -0.25) is 0 Å². The minimum atomic E-state index is -0.684. The van der Waals surface area contributed by atoms with Crippen molar-refractivity contribution in [3.05, 3.63) is 11.8 Å². The first-order valence-corrected chi connectivity index (χ1v) is 4.66. The summed E-state index contributed by atoms with van der Waals surface area (Å²) in [7, 11) is 2.44. The highest BCUT2D eigenvalue weighted by Crippen LogP contribution is 2.03. The number of carbonyl (C=O) groups excluding carboxylic acids is 2. The zero-order chi connectivity index (χ0) is 11.7. The van der Waals surface area contributed by atoms with Gasteiger partial charge in [0.2, 0.25) is 5.76 Å². The van der Waals surface area contributed by atoms with Crippen LogP contribution in [0.3, 0.4) is 0 Å². The molecule has 0 spiro atoms. The number of esters is 2. The molecule has 0 amide bonds. The normalized spacial score (nSPS) is 10.7. The quantitative estimate of drug-likeness (QED) is 0.287. The molecule has 0 aliphatic carbocycles. The first kappa shape index (κ1) is 13.5. The highest BCUT2D eigenvalue weighted by molar-refractivity contribution is 5.94. The Balaban J connectivity index is 4.37. The van der Waals surface area contributed by atoms with Gasteiger partial charge in [0.1, 0.15) is 0 Å². The van der Waals surface area contributed by atoms with E-state index in [1.54, 1.807) is 0 Å². The molecule has 0 radical (unpaired) electrons. The van der Waals surface area contributed by atoms with Gasteiger partial charge in [0.05, 0.1) is 26.9 Å². The molecule has 0 atom stereocenters. The summed E-state index contributed by atoms with van der Waals surface area (Å²) in [5.74, 6) is -1.46. The van der Waals surface area contributed by atoms with Crippen molar-refractivity contribution in [2.75, 3.05) is 20.8 Å². The largest absolute Gasteiger partial charge is 0.486 e. The fraction of sp³-hybridized carbons (Fsp3) is 0.600. The van der Waals surface area contributed by atoms with Crippen molar-refractivity contribution in [1.29, 1.82) is 0 Å². The molecule has 0 aliphatic heterocycles. The van der Waals surface area contributed by atoms with Crippen LogP contribution in [-0.4, -0.2) is 32.8 Å². The summed E-state index contributed by atoms with van der Waals surface area (Å²) in [6.07, 6.45) is 2.71. The number of carbonyl (C=O) groups is 2. The molecular weight excluding hydrogens is 200 g/mol. The van der Waals surface area contributed by atoms with Crippen LogP contribution in [0.1, 0.15) is 19.8 Å². The maximum atomic E-state index is 11.1. The van der Waals surface area contributed by atoms with Gasteiger partial charge >= 0.3 is 11.9 Å². The molecule has 15 heavy (non-hydrogen) atoms. The van der Waals surface area contributed by atoms with Crippen LogP contribution in [0, 0.1) is 0 Å². The molecule has 0 bridgehead atoms. The lowest BCUT2D eigenvalue weighted by atomic mass is 10.3. The number of hydrogen-bond acceptors (Lipinski definition) is 5. The van der Waals surface area contributed by atoms with Crippen molar-refractivity contribution in [3.63, 3.8) is 0 Å². The van der Waals surface area contributed by atoms with Crippen molar-refractivity contribution in [3.8, 4) is 0 Å². The molecule has 0 aromatic carbocycles. The van der Waals surface area contributed by atoms with E-state index in [1.807, 2.05) is 6.92 Å². The van der Waals surface area contributed by atoms with E-state index in [0.717, 1.165) is 18.9 Å². The maximum Gasteiger partial charge on any atom is 0.373 e. The second kappa shape index (κ2) is 7.84. The molecule has 5 heteroatoms. The average Bonchev–Trinajstić information content (AvgIpc) is 2.26. The van der Waals surface area contributed by atoms with E-state index < -0.39 is 11.9 Å². The number of methoxy groups -OCH3 is 2. The van der Waals surface area contributed by atoms with Gasteiger partial charge < -0.3 is 14.2 Å². The van der Waals surface area contributed by atoms with Crippen molar-refractivity contribution in [2.45, 2.75) is 19.8 Å². The lowest BCUT2D eigenvalue weighted by Gasteiger charge is -2.07. The standard InChI is InChI=1S/C10H16O5/c1-4-5-6-15-8(10(12)14-3)7-9(11)13-2/h7H,4-6H2,1-3H3/b8-7-. The minimum Gasteiger partial charge on any atom is -0.486 e. The third kappa shape index (κ3) is 5.72. The highest BCUT2D eigenvalue weighted by Gasteiger charge is 2.13. The van der Waals surface area contributed by atoms with E-state index in [0.29, 0.717) is 6.61 Å². The Kier molecular flexibility index (Phi) is 7.05. The Morgan fingerprint density at radius 3 is 2.33 bits per heavy atom. The van der Waals surface area contributed by atoms with Crippen molar-refractivity contribution >= 4 is 11.9 Å². The molecular formula is C10H16O5. The fourth-order valence-electron chi connectivity index (χ4n) is 0.753. The second-order valence-electron chi connectivity index (χ2n) is 2.73. The number of ether oxygens (including phenoxy) is 3. The van der Waals surface area contributed by atoms with E-state index in [-0.39, 0.29) is 5.76 Å². The van der Waals surface area contributed by atoms with Gasteiger partial charge in [0.15, 0.2) is 0 Å². The number of unbranched alkanes of at least 4 members (excludes halogenated alkanes) is 1. The van der Waals surface area contributed by atoms with Crippen LogP contribution >= 0.6 is 0 Å². The van der Waals surface area contributed by atoms with E-state index >= 15 is 0 Å². The summed E-state index contributed by atoms with van der Waals surface area (Å²) >= 11 is 0. The van der Waals surface area contributed by atoms with E-state index in [2.05, 4.69) is 9.47 Å². The molecule has 0 fully saturated rings. The van der Waals surface area contributed by atoms with Gasteiger partial charge in [-0.15, -0.1) is 0 Å². The molecule has 0 saturated carbocycles. The summed E-state index contributed by atoms with van der Waals surface area (Å²) in [4.78, 5) is 22.0. The topological polar surface area (TPSA) is 61.8 Å². The summed E-state index contributed by atoms with van der Waals surface area (Å²) < 4.78 is 13.9. The Bertz CT molecular complexity index is 244. The minimum absolute atomic E-state index is 0.127. The van der Waals surface area contributed by atoms with E-state index in [9.17, 15) is 9.59 Å². The van der Waals surface area contributed by atoms with Crippen LogP contribution in [0.5, 0.6) is 0 Å². The first-order chi connectivity index (χ1) is 7.15. The summed E-state index contributed by atoms with van der Waals surface area (Å²) in [5, 5.41) is 0. The maximum absolute atomic E-state index is 11.1. The Hall–Kier alpha value is -1.52. The molecule has 86 valence electrons. The van der Waals surface area contributed by atoms with Crippen LogP contribution in [0.25, 0.3) is 0 Å². The first-order valence-electron chi connectivity index (χ1n) is 4.66. The smallest absolute Gasteiger partial charge is 0.373 e. The lowest BCUT2D eigenvalue weighted by Crippen LogP contribution is -2.11. The van der Waals surface area contributed by atoms with Gasteiger partial charge in [-0.2, -0.15) is 0 Å². The summed E-state index contributed by atoms with van der Waals surface area (Å²) in [6, 6.07) is 0. The molecule has 0 saturated heterocycles. The number of rotatable bonds is 6. The van der Waals surface area contributed by atoms with Crippen LogP contribution in [0.4, 0.5) is 0 Å². The van der Waals surface area contributed by atoms with Crippen molar-refractivity contribution < 1.29 is 23.8 Å². The molecule has 0 N–H and O–H groups in total. The lowest BCUT2D eigenvalue weighted by molar-refractivity contribution is -0.142. The van der Waals surface area contributed by atoms with Gasteiger partial charge in [-0.25, -0.2) is 9.59 Å². The molecule has 5 nitrogen and oxygen atoms in total. The third-order valence-corrected chi connectivity index (χ3v) is 1.59. The van der Waals surface area contributed by atoms with Gasteiger partial charge in [0.25, 0.3) is 0 Å². The zero-order valence-corrected chi connectivity index (χ0v) is 9.24. The van der Waals surface area contributed by atoms with Crippen LogP contribution in [-0.2, 0) is 23.8 Å². The van der Waals surface area contributed by atoms with Gasteiger partial charge in [-0.05, 0) is 6.42 Å². The Labute approximate surface area is 89.0 Å². The van der Waals surface area contributed by atoms with E-state index in [4.69, 9.17) is 4.74 Å². The fourth-order valence-corrected chi connectivity index (χ4v) is 0.753. The highest BCUT2D eigenvalue weighted by atomic mass is 16.6. The molecule has 0 aromatic heterocycles. The number of hydrogen-bond donors (Lipinski definition) is 0. The second-order valence-corrected chi connectivity index (χ2v) is 2.73. The van der Waals surface area contributed by atoms with Crippen molar-refractivity contribution in [1.82, 2.24) is 0 Å². The van der Waals surface area contributed by atoms with Crippen LogP contribution in [0.2, 0.25) is 0 Å². The molecule has 0 aliphatic rings. The zero-order valence-electron chi connectivity index (χ0n) is 9.24. The Morgan fingerprint density at radius 2 is 1.87 bits per heavy atom. The predicted molar refractivity (Wildman–Crippen MR) is 53.0 cm³/mol. The van der Waals surface area contributed by atoms with Gasteiger partial charge in [0, 0.05) is 0 Å². The summed E-state index contributed by atoms with van der Waals surface area (Å²) in [6.45, 7) is 2.36. The molecule has 0 aromatic rings. The SMILES string of the molecule is CCCCO/C(=C\C(=O)OC)C(=O)OC. The van der Waals surface area contributed by atoms with Crippen molar-refractivity contribution in [2.24, 2.45) is 0 Å². The van der Waals surface area contributed by atoms with E-state index in [1.165, 1.54) is 14.2 Å². The van der Waals surface area contributed by atoms with Crippen LogP contribution in [0.15, 0.2) is 11.8 Å². The van der Waals surface area contributed by atoms with Crippen LogP contribution < -0.4 is 0 Å². The third-order valence-electron chi connectivity index (χ3n) is 1.59. The molecule has 0 rings (SSSR count).